The van der Waals surface area contributed by atoms with Gasteiger partial charge in [0, 0.05) is 44.3 Å². The highest BCUT2D eigenvalue weighted by Crippen LogP contribution is 2.26. The molecule has 2 atom stereocenters. The van der Waals surface area contributed by atoms with Gasteiger partial charge in [0.05, 0.1) is 12.1 Å². The van der Waals surface area contributed by atoms with E-state index in [4.69, 9.17) is 9.72 Å². The second-order valence-corrected chi connectivity index (χ2v) is 14.3. The van der Waals surface area contributed by atoms with E-state index in [1.165, 1.54) is 0 Å². The molecule has 2 rings (SSSR count). The summed E-state index contributed by atoms with van der Waals surface area (Å²) in [5.74, 6) is 2.13. The largest absolute Gasteiger partial charge is 0.444 e. The van der Waals surface area contributed by atoms with E-state index in [-0.39, 0.29) is 41.9 Å². The van der Waals surface area contributed by atoms with E-state index in [0.717, 1.165) is 12.2 Å². The molecule has 238 valence electrons. The molecule has 3 N–H and O–H groups in total. The van der Waals surface area contributed by atoms with Crippen LogP contribution in [-0.2, 0) is 10.2 Å². The summed E-state index contributed by atoms with van der Waals surface area (Å²) in [4.78, 5) is 52.8. The number of likely N-dealkylation sites (tertiary alicyclic amines) is 1. The smallest absolute Gasteiger partial charge is 0.410 e. The van der Waals surface area contributed by atoms with Crippen molar-refractivity contribution in [2.45, 2.75) is 98.3 Å². The second kappa shape index (κ2) is 15.6. The lowest BCUT2D eigenvalue weighted by atomic mass is 9.95. The molecule has 0 saturated carbocycles. The number of ether oxygens (including phenoxy) is 1. The van der Waals surface area contributed by atoms with E-state index in [0.29, 0.717) is 49.8 Å². The molecule has 1 aromatic rings. The van der Waals surface area contributed by atoms with Crippen LogP contribution in [0, 0.1) is 5.92 Å². The fraction of sp³-hybridized carbons (Fsp3) is 0.767. The van der Waals surface area contributed by atoms with Gasteiger partial charge in [-0.25, -0.2) is 19.6 Å². The Labute approximate surface area is 256 Å². The number of aromatic nitrogens is 2. The van der Waals surface area contributed by atoms with E-state index in [2.05, 4.69) is 41.0 Å². The number of rotatable bonds is 11. The van der Waals surface area contributed by atoms with Crippen LogP contribution >= 0.6 is 11.8 Å². The van der Waals surface area contributed by atoms with Gasteiger partial charge in [0.2, 0.25) is 0 Å². The zero-order valence-corrected chi connectivity index (χ0v) is 28.1. The van der Waals surface area contributed by atoms with Gasteiger partial charge in [-0.2, -0.15) is 11.8 Å². The zero-order chi connectivity index (χ0) is 31.7. The molecule has 12 heteroatoms. The SMILES string of the molecule is CCNC(=O)NC1C[C@H](N(CC(C)C)C(=O)c2cnc(C(C)(C)C)nc2NCCCSC)CN(C(=O)OC(C)(C)C)C1. The fourth-order valence-corrected chi connectivity index (χ4v) is 5.11. The highest BCUT2D eigenvalue weighted by atomic mass is 32.2. The van der Waals surface area contributed by atoms with Crippen LogP contribution in [0.4, 0.5) is 15.4 Å². The molecule has 4 amide bonds. The first-order valence-corrected chi connectivity index (χ1v) is 16.4. The second-order valence-electron chi connectivity index (χ2n) is 13.3. The topological polar surface area (TPSA) is 129 Å². The molecule has 0 aromatic carbocycles. The number of urea groups is 1. The van der Waals surface area contributed by atoms with Crippen LogP contribution in [0.1, 0.15) is 91.3 Å². The molecule has 1 fully saturated rings. The van der Waals surface area contributed by atoms with Crippen molar-refractivity contribution in [2.75, 3.05) is 50.0 Å². The number of hydrogen-bond donors (Lipinski definition) is 3. The minimum atomic E-state index is -0.678. The summed E-state index contributed by atoms with van der Waals surface area (Å²) in [6, 6.07) is -1.04. The first kappa shape index (κ1) is 35.4. The van der Waals surface area contributed by atoms with E-state index < -0.39 is 11.7 Å². The van der Waals surface area contributed by atoms with Gasteiger partial charge in [-0.05, 0) is 58.5 Å². The Kier molecular flexibility index (Phi) is 13.2. The molecule has 1 aliphatic heterocycles. The summed E-state index contributed by atoms with van der Waals surface area (Å²) in [7, 11) is 0. The predicted octanol–water partition coefficient (Wildman–Crippen LogP) is 4.73. The number of amides is 4. The summed E-state index contributed by atoms with van der Waals surface area (Å²) >= 11 is 1.77. The van der Waals surface area contributed by atoms with Crippen LogP contribution < -0.4 is 16.0 Å². The predicted molar refractivity (Wildman–Crippen MR) is 170 cm³/mol. The minimum absolute atomic E-state index is 0.161. The summed E-state index contributed by atoms with van der Waals surface area (Å²) in [5.41, 5.74) is -0.567. The molecule has 11 nitrogen and oxygen atoms in total. The molecule has 2 heterocycles. The van der Waals surface area contributed by atoms with Crippen molar-refractivity contribution in [1.82, 2.24) is 30.4 Å². The van der Waals surface area contributed by atoms with Gasteiger partial charge < -0.3 is 30.5 Å². The maximum atomic E-state index is 14.4. The number of anilines is 1. The lowest BCUT2D eigenvalue weighted by molar-refractivity contribution is 0.00536. The highest BCUT2D eigenvalue weighted by Gasteiger charge is 2.38. The molecule has 0 aliphatic carbocycles. The molecule has 0 bridgehead atoms. The molecule has 1 aliphatic rings. The Morgan fingerprint density at radius 3 is 2.43 bits per heavy atom. The first-order chi connectivity index (χ1) is 19.6. The quantitative estimate of drug-likeness (QED) is 0.308. The summed E-state index contributed by atoms with van der Waals surface area (Å²) < 4.78 is 5.68. The molecule has 0 radical (unpaired) electrons. The third-order valence-electron chi connectivity index (χ3n) is 6.52. The fourth-order valence-electron chi connectivity index (χ4n) is 4.68. The number of carbonyl (C=O) groups excluding carboxylic acids is 3. The number of nitrogens with one attached hydrogen (secondary N) is 3. The normalized spacial score (nSPS) is 17.5. The van der Waals surface area contributed by atoms with Crippen molar-refractivity contribution in [3.8, 4) is 0 Å². The maximum absolute atomic E-state index is 14.4. The van der Waals surface area contributed by atoms with Crippen molar-refractivity contribution in [1.29, 1.82) is 0 Å². The summed E-state index contributed by atoms with van der Waals surface area (Å²) in [6.07, 6.45) is 4.64. The Balaban J connectivity index is 2.48. The standard InChI is InChI=1S/C30H53N7O4S/c1-11-31-27(39)34-21-15-22(19-36(18-21)28(40)41-30(7,8)9)37(17-20(2)3)25(38)23-16-33-26(29(4,5)6)35-24(23)32-13-12-14-42-10/h16,20-22H,11-15,17-19H2,1-10H3,(H2,31,34,39)(H,32,33,35)/t21?,22-/m0/s1. The average Bonchev–Trinajstić information content (AvgIpc) is 2.87. The van der Waals surface area contributed by atoms with Crippen molar-refractivity contribution in [3.05, 3.63) is 17.6 Å². The lowest BCUT2D eigenvalue weighted by Crippen LogP contribution is -2.61. The number of piperidine rings is 1. The highest BCUT2D eigenvalue weighted by molar-refractivity contribution is 7.98. The van der Waals surface area contributed by atoms with Crippen LogP contribution in [0.5, 0.6) is 0 Å². The monoisotopic (exact) mass is 607 g/mol. The Morgan fingerprint density at radius 1 is 1.17 bits per heavy atom. The van der Waals surface area contributed by atoms with Crippen molar-refractivity contribution >= 4 is 35.6 Å². The van der Waals surface area contributed by atoms with E-state index in [1.54, 1.807) is 22.9 Å². The Morgan fingerprint density at radius 2 is 1.86 bits per heavy atom. The zero-order valence-electron chi connectivity index (χ0n) is 27.3. The Hall–Kier alpha value is -2.76. The molecular weight excluding hydrogens is 554 g/mol. The number of thioether (sulfide) groups is 1. The first-order valence-electron chi connectivity index (χ1n) is 15.0. The molecule has 1 unspecified atom stereocenters. The van der Waals surface area contributed by atoms with Gasteiger partial charge in [-0.3, -0.25) is 4.79 Å². The van der Waals surface area contributed by atoms with Crippen LogP contribution in [0.25, 0.3) is 0 Å². The van der Waals surface area contributed by atoms with Gasteiger partial charge >= 0.3 is 12.1 Å². The van der Waals surface area contributed by atoms with Gasteiger partial charge in [0.15, 0.2) is 0 Å². The van der Waals surface area contributed by atoms with Crippen molar-refractivity contribution < 1.29 is 19.1 Å². The van der Waals surface area contributed by atoms with Gasteiger partial charge in [-0.15, -0.1) is 0 Å². The summed E-state index contributed by atoms with van der Waals surface area (Å²) in [5, 5.41) is 9.14. The van der Waals surface area contributed by atoms with Crippen LogP contribution in [0.15, 0.2) is 6.20 Å². The molecule has 0 spiro atoms. The van der Waals surface area contributed by atoms with Gasteiger partial charge in [0.1, 0.15) is 22.8 Å². The van der Waals surface area contributed by atoms with Crippen LogP contribution in [0.2, 0.25) is 0 Å². The van der Waals surface area contributed by atoms with E-state index in [9.17, 15) is 14.4 Å². The van der Waals surface area contributed by atoms with E-state index >= 15 is 0 Å². The average molecular weight is 608 g/mol. The Bertz CT molecular complexity index is 1060. The van der Waals surface area contributed by atoms with Crippen LogP contribution in [0.3, 0.4) is 0 Å². The molecular formula is C30H53N7O4S. The summed E-state index contributed by atoms with van der Waals surface area (Å²) in [6.45, 7) is 19.8. The third-order valence-corrected chi connectivity index (χ3v) is 7.22. The minimum Gasteiger partial charge on any atom is -0.444 e. The van der Waals surface area contributed by atoms with Crippen LogP contribution in [-0.4, -0.2) is 100 Å². The maximum Gasteiger partial charge on any atom is 0.410 e. The van der Waals surface area contributed by atoms with Gasteiger partial charge in [-0.1, -0.05) is 34.6 Å². The number of carbonyl (C=O) groups is 3. The molecule has 1 aromatic heterocycles. The molecule has 42 heavy (non-hydrogen) atoms. The molecule has 1 saturated heterocycles. The van der Waals surface area contributed by atoms with Crippen molar-refractivity contribution in [2.24, 2.45) is 5.92 Å². The number of hydrogen-bond acceptors (Lipinski definition) is 8. The van der Waals surface area contributed by atoms with Gasteiger partial charge in [0.25, 0.3) is 5.91 Å². The third kappa shape index (κ3) is 11.1. The van der Waals surface area contributed by atoms with E-state index in [1.807, 2.05) is 53.4 Å². The lowest BCUT2D eigenvalue weighted by Gasteiger charge is -2.43. The number of nitrogens with zero attached hydrogens (tertiary/aromatic N) is 4. The van der Waals surface area contributed by atoms with Crippen molar-refractivity contribution in [3.63, 3.8) is 0 Å².